The summed E-state index contributed by atoms with van der Waals surface area (Å²) in [7, 11) is 0. The maximum atomic E-state index is 15.4. The summed E-state index contributed by atoms with van der Waals surface area (Å²) < 4.78 is 47.2. The van der Waals surface area contributed by atoms with Crippen molar-refractivity contribution in [2.45, 2.75) is 30.8 Å². The van der Waals surface area contributed by atoms with Gasteiger partial charge in [-0.05, 0) is 28.9 Å². The highest BCUT2D eigenvalue weighted by atomic mass is 32.2. The van der Waals surface area contributed by atoms with Gasteiger partial charge in [-0.2, -0.15) is 16.7 Å². The minimum atomic E-state index is -0.745. The molecule has 172 valence electrons. The zero-order valence-corrected chi connectivity index (χ0v) is 18.4. The number of aromatic amines is 1. The number of nitrogens with zero attached hydrogens (tertiary/aromatic N) is 1. The molecule has 33 heavy (non-hydrogen) atoms. The molecule has 3 aromatic rings. The summed E-state index contributed by atoms with van der Waals surface area (Å²) in [6, 6.07) is 8.59. The van der Waals surface area contributed by atoms with Gasteiger partial charge < -0.3 is 24.3 Å². The number of aliphatic hydroxyl groups excluding tert-OH is 1. The van der Waals surface area contributed by atoms with Crippen molar-refractivity contribution in [1.29, 1.82) is 0 Å². The molecule has 0 radical (unpaired) electrons. The van der Waals surface area contributed by atoms with Crippen LogP contribution in [-0.2, 0) is 9.47 Å². The van der Waals surface area contributed by atoms with Crippen molar-refractivity contribution in [3.05, 3.63) is 53.6 Å². The van der Waals surface area contributed by atoms with E-state index in [-0.39, 0.29) is 35.8 Å². The highest BCUT2D eigenvalue weighted by Gasteiger charge is 2.48. The second-order valence-corrected chi connectivity index (χ2v) is 9.59. The number of hydrogen-bond acceptors (Lipinski definition) is 6. The molecule has 4 unspecified atom stereocenters. The molecule has 2 N–H and O–H groups in total. The van der Waals surface area contributed by atoms with Gasteiger partial charge in [-0.15, -0.1) is 0 Å². The Kier molecular flexibility index (Phi) is 5.37. The van der Waals surface area contributed by atoms with Gasteiger partial charge in [0.1, 0.15) is 29.6 Å². The molecule has 3 aliphatic rings. The SMILES string of the molecule is OC1COC2C(Oc3nc4c(F)c(-c5ccc(C6=CCSCC6)cc5)c(F)cc4[nH]3)COC12. The van der Waals surface area contributed by atoms with Crippen molar-refractivity contribution >= 4 is 28.4 Å². The number of thioether (sulfide) groups is 1. The Morgan fingerprint density at radius 2 is 1.88 bits per heavy atom. The number of H-pyrrole nitrogens is 1. The molecule has 2 fully saturated rings. The van der Waals surface area contributed by atoms with E-state index in [0.717, 1.165) is 23.5 Å². The monoisotopic (exact) mass is 472 g/mol. The highest BCUT2D eigenvalue weighted by molar-refractivity contribution is 7.99. The van der Waals surface area contributed by atoms with Gasteiger partial charge in [-0.3, -0.25) is 0 Å². The van der Waals surface area contributed by atoms with Crippen LogP contribution in [0.2, 0.25) is 0 Å². The first-order valence-electron chi connectivity index (χ1n) is 10.9. The largest absolute Gasteiger partial charge is 0.456 e. The topological polar surface area (TPSA) is 76.6 Å². The van der Waals surface area contributed by atoms with Crippen LogP contribution >= 0.6 is 11.8 Å². The van der Waals surface area contributed by atoms with Crippen LogP contribution in [0.1, 0.15) is 12.0 Å². The van der Waals surface area contributed by atoms with Crippen LogP contribution in [0.4, 0.5) is 8.78 Å². The Bertz CT molecular complexity index is 1230. The number of aromatic nitrogens is 2. The maximum absolute atomic E-state index is 15.4. The number of hydrogen-bond donors (Lipinski definition) is 2. The van der Waals surface area contributed by atoms with Crippen LogP contribution in [0.15, 0.2) is 36.4 Å². The first-order chi connectivity index (χ1) is 16.1. The Morgan fingerprint density at radius 1 is 1.09 bits per heavy atom. The smallest absolute Gasteiger partial charge is 0.295 e. The molecule has 9 heteroatoms. The third-order valence-corrected chi connectivity index (χ3v) is 7.30. The summed E-state index contributed by atoms with van der Waals surface area (Å²) >= 11 is 1.89. The molecule has 0 amide bonds. The van der Waals surface area contributed by atoms with Crippen LogP contribution in [0, 0.1) is 11.6 Å². The first kappa shape index (κ1) is 21.1. The van der Waals surface area contributed by atoms with Gasteiger partial charge in [0.25, 0.3) is 6.01 Å². The van der Waals surface area contributed by atoms with E-state index in [2.05, 4.69) is 16.0 Å². The summed E-state index contributed by atoms with van der Waals surface area (Å²) in [5.41, 5.74) is 2.88. The van der Waals surface area contributed by atoms with E-state index < -0.39 is 36.1 Å². The Labute approximate surface area is 192 Å². The molecule has 0 spiro atoms. The molecule has 1 aromatic heterocycles. The summed E-state index contributed by atoms with van der Waals surface area (Å²) in [5.74, 6) is 0.646. The summed E-state index contributed by atoms with van der Waals surface area (Å²) in [5, 5.41) is 9.87. The number of halogens is 2. The number of allylic oxidation sites excluding steroid dienone is 1. The lowest BCUT2D eigenvalue weighted by atomic mass is 9.98. The first-order valence-corrected chi connectivity index (χ1v) is 12.1. The number of rotatable bonds is 4. The van der Waals surface area contributed by atoms with Crippen LogP contribution < -0.4 is 4.74 Å². The van der Waals surface area contributed by atoms with Gasteiger partial charge in [0.2, 0.25) is 0 Å². The molecular weight excluding hydrogens is 450 g/mol. The van der Waals surface area contributed by atoms with Crippen LogP contribution in [-0.4, -0.2) is 64.2 Å². The van der Waals surface area contributed by atoms with E-state index in [1.54, 1.807) is 12.1 Å². The zero-order valence-electron chi connectivity index (χ0n) is 17.6. The fourth-order valence-electron chi connectivity index (χ4n) is 4.71. The predicted molar refractivity (Wildman–Crippen MR) is 121 cm³/mol. The van der Waals surface area contributed by atoms with E-state index >= 15 is 4.39 Å². The minimum Gasteiger partial charge on any atom is -0.456 e. The van der Waals surface area contributed by atoms with E-state index in [1.807, 2.05) is 23.9 Å². The van der Waals surface area contributed by atoms with Crippen molar-refractivity contribution in [3.8, 4) is 17.1 Å². The molecular formula is C24H22F2N2O4S. The van der Waals surface area contributed by atoms with Gasteiger partial charge in [0.05, 0.1) is 24.3 Å². The minimum absolute atomic E-state index is 0.000306. The van der Waals surface area contributed by atoms with Gasteiger partial charge in [0.15, 0.2) is 11.9 Å². The Hall–Kier alpha value is -2.46. The average molecular weight is 473 g/mol. The fourth-order valence-corrected chi connectivity index (χ4v) is 5.56. The fraction of sp³-hybridized carbons (Fsp3) is 0.375. The highest BCUT2D eigenvalue weighted by Crippen LogP contribution is 2.35. The zero-order chi connectivity index (χ0) is 22.5. The standard InChI is InChI=1S/C24H22F2N2O4S/c25-15-9-16-21(28-24(27-16)32-18-11-31-22-17(29)10-30-23(18)22)20(26)19(15)14-3-1-12(2-4-14)13-5-7-33-8-6-13/h1-5,9,17-18,22-23,29H,6-8,10-11H2,(H,27,28). The van der Waals surface area contributed by atoms with Crippen molar-refractivity contribution in [2.24, 2.45) is 0 Å². The van der Waals surface area contributed by atoms with Crippen molar-refractivity contribution in [1.82, 2.24) is 9.97 Å². The second-order valence-electron chi connectivity index (χ2n) is 8.44. The van der Waals surface area contributed by atoms with Crippen LogP contribution in [0.3, 0.4) is 0 Å². The number of nitrogens with one attached hydrogen (secondary N) is 1. The molecule has 0 aliphatic carbocycles. The van der Waals surface area contributed by atoms with Crippen LogP contribution in [0.25, 0.3) is 27.7 Å². The maximum Gasteiger partial charge on any atom is 0.295 e. The molecule has 6 nitrogen and oxygen atoms in total. The number of benzene rings is 2. The Balaban J connectivity index is 1.29. The second kappa shape index (κ2) is 8.39. The number of ether oxygens (including phenoxy) is 3. The molecule has 0 saturated carbocycles. The number of fused-ring (bicyclic) bond motifs is 2. The van der Waals surface area contributed by atoms with Crippen molar-refractivity contribution in [2.75, 3.05) is 24.7 Å². The van der Waals surface area contributed by atoms with E-state index in [0.29, 0.717) is 5.56 Å². The lowest BCUT2D eigenvalue weighted by Crippen LogP contribution is -2.34. The van der Waals surface area contributed by atoms with E-state index in [4.69, 9.17) is 14.2 Å². The summed E-state index contributed by atoms with van der Waals surface area (Å²) in [4.78, 5) is 7.05. The van der Waals surface area contributed by atoms with Gasteiger partial charge in [-0.1, -0.05) is 30.3 Å². The van der Waals surface area contributed by atoms with Gasteiger partial charge in [0, 0.05) is 11.8 Å². The molecule has 2 aromatic carbocycles. The van der Waals surface area contributed by atoms with Crippen LogP contribution in [0.5, 0.6) is 6.01 Å². The predicted octanol–water partition coefficient (Wildman–Crippen LogP) is 3.93. The molecule has 0 bridgehead atoms. The average Bonchev–Trinajstić information content (AvgIpc) is 3.52. The van der Waals surface area contributed by atoms with Crippen molar-refractivity contribution in [3.63, 3.8) is 0 Å². The quantitative estimate of drug-likeness (QED) is 0.599. The normalized spacial score (nSPS) is 27.1. The Morgan fingerprint density at radius 3 is 2.67 bits per heavy atom. The molecule has 6 rings (SSSR count). The number of imidazole rings is 1. The molecule has 2 saturated heterocycles. The van der Waals surface area contributed by atoms with E-state index in [1.165, 1.54) is 11.6 Å². The third kappa shape index (κ3) is 3.73. The molecule has 4 heterocycles. The summed E-state index contributed by atoms with van der Waals surface area (Å²) in [6.45, 7) is 0.389. The van der Waals surface area contributed by atoms with E-state index in [9.17, 15) is 9.50 Å². The summed E-state index contributed by atoms with van der Waals surface area (Å²) in [6.07, 6.45) is 1.12. The lowest BCUT2D eigenvalue weighted by Gasteiger charge is -2.15. The third-order valence-electron chi connectivity index (χ3n) is 6.40. The van der Waals surface area contributed by atoms with Gasteiger partial charge >= 0.3 is 0 Å². The number of aliphatic hydroxyl groups is 1. The lowest BCUT2D eigenvalue weighted by molar-refractivity contribution is 0.00706. The molecule has 4 atom stereocenters. The molecule has 3 aliphatic heterocycles. The van der Waals surface area contributed by atoms with Gasteiger partial charge in [-0.25, -0.2) is 8.78 Å². The van der Waals surface area contributed by atoms with Crippen molar-refractivity contribution < 1.29 is 28.1 Å².